The summed E-state index contributed by atoms with van der Waals surface area (Å²) < 4.78 is 4.72. The van der Waals surface area contributed by atoms with Gasteiger partial charge in [0.2, 0.25) is 0 Å². The lowest BCUT2D eigenvalue weighted by atomic mass is 9.39. The van der Waals surface area contributed by atoms with E-state index in [4.69, 9.17) is 4.74 Å². The van der Waals surface area contributed by atoms with Gasteiger partial charge < -0.3 is 9.84 Å². The van der Waals surface area contributed by atoms with Gasteiger partial charge in [0, 0.05) is 11.8 Å². The number of carbonyl (C=O) groups excluding carboxylic acids is 1. The van der Waals surface area contributed by atoms with Gasteiger partial charge in [0.15, 0.2) is 0 Å². The van der Waals surface area contributed by atoms with Crippen LogP contribution in [0.3, 0.4) is 0 Å². The summed E-state index contributed by atoms with van der Waals surface area (Å²) in [5.41, 5.74) is 0.0869. The van der Waals surface area contributed by atoms with E-state index in [9.17, 15) is 9.90 Å². The molecule has 0 aromatic rings. The van der Waals surface area contributed by atoms with Crippen molar-refractivity contribution in [3.63, 3.8) is 0 Å². The van der Waals surface area contributed by atoms with E-state index in [0.29, 0.717) is 6.42 Å². The fraction of sp³-hybridized carbons (Fsp3) is 0.923. The lowest BCUT2D eigenvalue weighted by Crippen LogP contribution is -2.65. The molecule has 3 aliphatic carbocycles. The zero-order chi connectivity index (χ0) is 11.4. The maximum atomic E-state index is 11.2. The van der Waals surface area contributed by atoms with Crippen LogP contribution in [0.2, 0.25) is 0 Å². The third-order valence-corrected chi connectivity index (χ3v) is 5.95. The molecule has 3 heteroatoms. The molecular weight excluding hydrogens is 204 g/mol. The van der Waals surface area contributed by atoms with Crippen LogP contribution in [0.15, 0.2) is 0 Å². The molecule has 3 atom stereocenters. The molecule has 0 radical (unpaired) electrons. The van der Waals surface area contributed by atoms with Crippen molar-refractivity contribution in [2.75, 3.05) is 7.11 Å². The zero-order valence-electron chi connectivity index (χ0n) is 9.92. The summed E-state index contributed by atoms with van der Waals surface area (Å²) in [7, 11) is 1.45. The molecule has 0 saturated heterocycles. The van der Waals surface area contributed by atoms with Crippen LogP contribution in [-0.2, 0) is 9.53 Å². The minimum atomic E-state index is -0.374. The third kappa shape index (κ3) is 0.963. The summed E-state index contributed by atoms with van der Waals surface area (Å²) in [6.45, 7) is 0. The molecule has 3 aliphatic rings. The maximum absolute atomic E-state index is 11.2. The Hall–Kier alpha value is -0.570. The van der Waals surface area contributed by atoms with E-state index in [1.54, 1.807) is 0 Å². The van der Waals surface area contributed by atoms with Crippen LogP contribution in [0.4, 0.5) is 0 Å². The second-order valence-electron chi connectivity index (χ2n) is 5.97. The monoisotopic (exact) mass is 224 g/mol. The zero-order valence-corrected chi connectivity index (χ0v) is 9.92. The minimum Gasteiger partial charge on any atom is -0.469 e. The molecule has 16 heavy (non-hydrogen) atoms. The van der Waals surface area contributed by atoms with Gasteiger partial charge in [0.05, 0.1) is 12.7 Å². The average molecular weight is 224 g/mol. The molecule has 3 rings (SSSR count). The Kier molecular flexibility index (Phi) is 1.99. The molecule has 0 aromatic heterocycles. The van der Waals surface area contributed by atoms with E-state index >= 15 is 0 Å². The third-order valence-electron chi connectivity index (χ3n) is 5.95. The number of aliphatic hydroxyl groups is 1. The summed E-state index contributed by atoms with van der Waals surface area (Å²) in [5, 5.41) is 10.5. The summed E-state index contributed by atoms with van der Waals surface area (Å²) in [5.74, 6) is -0.105. The lowest BCUT2D eigenvalue weighted by molar-refractivity contribution is -0.243. The Bertz CT molecular complexity index is 336. The molecule has 3 unspecified atom stereocenters. The van der Waals surface area contributed by atoms with Crippen LogP contribution < -0.4 is 0 Å². The van der Waals surface area contributed by atoms with Crippen LogP contribution in [0.25, 0.3) is 0 Å². The van der Waals surface area contributed by atoms with Gasteiger partial charge in [-0.1, -0.05) is 0 Å². The highest BCUT2D eigenvalue weighted by molar-refractivity contribution is 5.69. The fourth-order valence-corrected chi connectivity index (χ4v) is 4.72. The molecule has 3 saturated carbocycles. The molecule has 90 valence electrons. The van der Waals surface area contributed by atoms with Crippen LogP contribution in [-0.4, -0.2) is 23.8 Å². The maximum Gasteiger partial charge on any atom is 0.305 e. The van der Waals surface area contributed by atoms with Crippen molar-refractivity contribution in [2.24, 2.45) is 10.8 Å². The Labute approximate surface area is 96.2 Å². The quantitative estimate of drug-likeness (QED) is 0.746. The van der Waals surface area contributed by atoms with Crippen LogP contribution in [0.1, 0.15) is 51.4 Å². The van der Waals surface area contributed by atoms with Crippen molar-refractivity contribution in [2.45, 2.75) is 57.0 Å². The van der Waals surface area contributed by atoms with Gasteiger partial charge in [-0.25, -0.2) is 0 Å². The molecule has 0 aromatic carbocycles. The second kappa shape index (κ2) is 3.00. The van der Waals surface area contributed by atoms with E-state index in [0.717, 1.165) is 25.7 Å². The van der Waals surface area contributed by atoms with Crippen LogP contribution in [0.5, 0.6) is 0 Å². The largest absolute Gasteiger partial charge is 0.469 e. The number of carbonyl (C=O) groups is 1. The molecule has 0 aliphatic heterocycles. The van der Waals surface area contributed by atoms with Gasteiger partial charge in [-0.3, -0.25) is 4.79 Å². The molecule has 0 amide bonds. The highest BCUT2D eigenvalue weighted by Gasteiger charge is 2.75. The Balaban J connectivity index is 1.73. The molecule has 0 heterocycles. The number of rotatable bonds is 3. The SMILES string of the molecule is COC(=O)CCC12CCC3(O)CCC31CC2. The minimum absolute atomic E-state index is 0.105. The summed E-state index contributed by atoms with van der Waals surface area (Å²) >= 11 is 0. The van der Waals surface area contributed by atoms with Gasteiger partial charge in [-0.05, 0) is 50.4 Å². The lowest BCUT2D eigenvalue weighted by Gasteiger charge is -2.67. The van der Waals surface area contributed by atoms with Crippen molar-refractivity contribution in [1.82, 2.24) is 0 Å². The number of esters is 1. The van der Waals surface area contributed by atoms with Crippen molar-refractivity contribution >= 4 is 5.97 Å². The predicted molar refractivity (Wildman–Crippen MR) is 58.8 cm³/mol. The second-order valence-corrected chi connectivity index (χ2v) is 5.97. The Morgan fingerprint density at radius 2 is 1.81 bits per heavy atom. The average Bonchev–Trinajstić information content (AvgIpc) is 2.34. The Morgan fingerprint density at radius 3 is 2.31 bits per heavy atom. The smallest absolute Gasteiger partial charge is 0.305 e. The van der Waals surface area contributed by atoms with Crippen molar-refractivity contribution in [1.29, 1.82) is 0 Å². The van der Waals surface area contributed by atoms with Crippen molar-refractivity contribution in [3.05, 3.63) is 0 Å². The van der Waals surface area contributed by atoms with E-state index in [1.807, 2.05) is 0 Å². The van der Waals surface area contributed by atoms with Crippen LogP contribution in [0, 0.1) is 10.8 Å². The molecule has 0 bridgehead atoms. The molecule has 3 fully saturated rings. The van der Waals surface area contributed by atoms with E-state index in [2.05, 4.69) is 0 Å². The Morgan fingerprint density at radius 1 is 1.19 bits per heavy atom. The van der Waals surface area contributed by atoms with Crippen molar-refractivity contribution in [3.8, 4) is 0 Å². The first-order valence-corrected chi connectivity index (χ1v) is 6.37. The van der Waals surface area contributed by atoms with E-state index in [-0.39, 0.29) is 22.4 Å². The first-order chi connectivity index (χ1) is 7.58. The number of methoxy groups -OCH3 is 1. The number of ether oxygens (including phenoxy) is 1. The van der Waals surface area contributed by atoms with Crippen LogP contribution >= 0.6 is 0 Å². The summed E-state index contributed by atoms with van der Waals surface area (Å²) in [6, 6.07) is 0. The van der Waals surface area contributed by atoms with Gasteiger partial charge in [0.1, 0.15) is 0 Å². The highest BCUT2D eigenvalue weighted by Crippen LogP contribution is 2.79. The highest BCUT2D eigenvalue weighted by atomic mass is 16.5. The predicted octanol–water partition coefficient (Wildman–Crippen LogP) is 2.02. The van der Waals surface area contributed by atoms with Gasteiger partial charge in [-0.2, -0.15) is 0 Å². The molecule has 3 nitrogen and oxygen atoms in total. The molecule has 1 spiro atoms. The van der Waals surface area contributed by atoms with Crippen molar-refractivity contribution < 1.29 is 14.6 Å². The van der Waals surface area contributed by atoms with Gasteiger partial charge in [0.25, 0.3) is 0 Å². The topological polar surface area (TPSA) is 46.5 Å². The first kappa shape index (κ1) is 10.6. The van der Waals surface area contributed by atoms with Gasteiger partial charge >= 0.3 is 5.97 Å². The standard InChI is InChI=1S/C13H20O3/c1-16-10(14)2-3-11-4-6-12(11)7-9-13(12,15)8-5-11/h15H,2-9H2,1H3. The number of hydrogen-bond donors (Lipinski definition) is 1. The summed E-state index contributed by atoms with van der Waals surface area (Å²) in [6.07, 6.45) is 8.03. The fourth-order valence-electron chi connectivity index (χ4n) is 4.72. The summed E-state index contributed by atoms with van der Waals surface area (Å²) in [4.78, 5) is 11.2. The van der Waals surface area contributed by atoms with Gasteiger partial charge in [-0.15, -0.1) is 0 Å². The molecular formula is C13H20O3. The molecule has 1 N–H and O–H groups in total. The number of hydrogen-bond acceptors (Lipinski definition) is 3. The van der Waals surface area contributed by atoms with E-state index < -0.39 is 0 Å². The van der Waals surface area contributed by atoms with E-state index in [1.165, 1.54) is 26.4 Å². The normalized spacial score (nSPS) is 48.6. The first-order valence-electron chi connectivity index (χ1n) is 6.37.